The van der Waals surface area contributed by atoms with Crippen molar-refractivity contribution in [2.45, 2.75) is 37.1 Å². The smallest absolute Gasteiger partial charge is 0.303 e. The van der Waals surface area contributed by atoms with Gasteiger partial charge in [-0.2, -0.15) is 0 Å². The van der Waals surface area contributed by atoms with Crippen LogP contribution in [0.5, 0.6) is 0 Å². The third-order valence-electron chi connectivity index (χ3n) is 4.25. The van der Waals surface area contributed by atoms with Crippen LogP contribution < -0.4 is 5.32 Å². The Balaban J connectivity index is 2.23. The second-order valence-corrected chi connectivity index (χ2v) is 8.56. The minimum atomic E-state index is -3.43. The van der Waals surface area contributed by atoms with E-state index >= 15 is 0 Å². The topological polar surface area (TPSA) is 101 Å². The van der Waals surface area contributed by atoms with Crippen LogP contribution in [0.2, 0.25) is 0 Å². The zero-order valence-electron chi connectivity index (χ0n) is 15.3. The van der Waals surface area contributed by atoms with Crippen molar-refractivity contribution in [3.8, 4) is 0 Å². The highest BCUT2D eigenvalue weighted by Gasteiger charge is 2.19. The molecule has 0 aliphatic carbocycles. The maximum Gasteiger partial charge on any atom is 0.303 e. The first-order valence-electron chi connectivity index (χ1n) is 8.54. The van der Waals surface area contributed by atoms with E-state index in [2.05, 4.69) is 5.32 Å². The molecule has 0 aromatic heterocycles. The maximum atomic E-state index is 12.7. The number of carbonyl (C=O) groups excluding carboxylic acids is 1. The van der Waals surface area contributed by atoms with E-state index in [0.717, 1.165) is 11.8 Å². The van der Waals surface area contributed by atoms with E-state index in [-0.39, 0.29) is 29.3 Å². The minimum Gasteiger partial charge on any atom is -0.481 e. The van der Waals surface area contributed by atoms with Crippen LogP contribution in [0.4, 0.5) is 0 Å². The van der Waals surface area contributed by atoms with Crippen LogP contribution in [0.25, 0.3) is 0 Å². The number of hydrogen-bond acceptors (Lipinski definition) is 4. The molecule has 7 heteroatoms. The highest BCUT2D eigenvalue weighted by Crippen LogP contribution is 2.17. The standard InChI is InChI=1S/C20H23NO5S/c1-14-8-10-17(27(2,25)26)13-18(14)20(24)21-16(9-11-19(22)23)12-15-6-4-3-5-7-15/h3-8,10,13,16H,9,11-12H2,1-2H3,(H,21,24)(H,22,23). The Morgan fingerprint density at radius 2 is 1.78 bits per heavy atom. The molecule has 0 saturated heterocycles. The SMILES string of the molecule is Cc1ccc(S(C)(=O)=O)cc1C(=O)NC(CCC(=O)O)Cc1ccccc1. The number of aliphatic carboxylic acids is 1. The van der Waals surface area contributed by atoms with Gasteiger partial charge in [0.05, 0.1) is 4.90 Å². The average Bonchev–Trinajstić information content (AvgIpc) is 2.59. The summed E-state index contributed by atoms with van der Waals surface area (Å²) in [5.74, 6) is -1.35. The highest BCUT2D eigenvalue weighted by molar-refractivity contribution is 7.90. The van der Waals surface area contributed by atoms with Gasteiger partial charge in [0.1, 0.15) is 0 Å². The van der Waals surface area contributed by atoms with Crippen LogP contribution in [0, 0.1) is 6.92 Å². The van der Waals surface area contributed by atoms with Gasteiger partial charge in [-0.25, -0.2) is 8.42 Å². The minimum absolute atomic E-state index is 0.0693. The lowest BCUT2D eigenvalue weighted by Crippen LogP contribution is -2.37. The molecule has 2 aromatic rings. The maximum absolute atomic E-state index is 12.7. The van der Waals surface area contributed by atoms with E-state index in [9.17, 15) is 18.0 Å². The molecule has 6 nitrogen and oxygen atoms in total. The molecule has 0 spiro atoms. The molecule has 0 fully saturated rings. The molecule has 144 valence electrons. The lowest BCUT2D eigenvalue weighted by atomic mass is 10.0. The van der Waals surface area contributed by atoms with E-state index in [4.69, 9.17) is 5.11 Å². The van der Waals surface area contributed by atoms with Crippen molar-refractivity contribution in [3.05, 3.63) is 65.2 Å². The summed E-state index contributed by atoms with van der Waals surface area (Å²) in [6, 6.07) is 13.5. The Hall–Kier alpha value is -2.67. The van der Waals surface area contributed by atoms with Crippen molar-refractivity contribution in [2.24, 2.45) is 0 Å². The van der Waals surface area contributed by atoms with Gasteiger partial charge in [0.2, 0.25) is 0 Å². The van der Waals surface area contributed by atoms with Crippen molar-refractivity contribution < 1.29 is 23.1 Å². The van der Waals surface area contributed by atoms with Crippen LogP contribution in [-0.4, -0.2) is 37.7 Å². The number of sulfone groups is 1. The first-order chi connectivity index (χ1) is 12.7. The van der Waals surface area contributed by atoms with Crippen molar-refractivity contribution in [1.82, 2.24) is 5.32 Å². The molecule has 0 heterocycles. The number of hydrogen-bond donors (Lipinski definition) is 2. The molecule has 1 atom stereocenters. The van der Waals surface area contributed by atoms with Crippen LogP contribution >= 0.6 is 0 Å². The number of carbonyl (C=O) groups is 2. The number of benzene rings is 2. The normalized spacial score (nSPS) is 12.4. The fourth-order valence-electron chi connectivity index (χ4n) is 2.76. The third kappa shape index (κ3) is 6.21. The van der Waals surface area contributed by atoms with Gasteiger partial charge in [0.25, 0.3) is 5.91 Å². The monoisotopic (exact) mass is 389 g/mol. The average molecular weight is 389 g/mol. The van der Waals surface area contributed by atoms with E-state index < -0.39 is 21.7 Å². The van der Waals surface area contributed by atoms with E-state index in [1.165, 1.54) is 12.1 Å². The summed E-state index contributed by atoms with van der Waals surface area (Å²) >= 11 is 0. The lowest BCUT2D eigenvalue weighted by molar-refractivity contribution is -0.137. The molecule has 0 aliphatic heterocycles. The van der Waals surface area contributed by atoms with Crippen LogP contribution in [0.3, 0.4) is 0 Å². The lowest BCUT2D eigenvalue weighted by Gasteiger charge is -2.19. The summed E-state index contributed by atoms with van der Waals surface area (Å²) in [6.45, 7) is 1.73. The fraction of sp³-hybridized carbons (Fsp3) is 0.300. The highest BCUT2D eigenvalue weighted by atomic mass is 32.2. The van der Waals surface area contributed by atoms with Crippen molar-refractivity contribution >= 4 is 21.7 Å². The third-order valence-corrected chi connectivity index (χ3v) is 5.36. The molecule has 0 aliphatic rings. The van der Waals surface area contributed by atoms with Gasteiger partial charge in [0, 0.05) is 24.3 Å². The molecular weight excluding hydrogens is 366 g/mol. The molecule has 1 unspecified atom stereocenters. The van der Waals surface area contributed by atoms with E-state index in [1.807, 2.05) is 30.3 Å². The molecule has 0 bridgehead atoms. The van der Waals surface area contributed by atoms with E-state index in [0.29, 0.717) is 12.0 Å². The summed E-state index contributed by atoms with van der Waals surface area (Å²) in [5.41, 5.74) is 1.90. The first kappa shape index (κ1) is 20.6. The van der Waals surface area contributed by atoms with Gasteiger partial charge >= 0.3 is 5.97 Å². The summed E-state index contributed by atoms with van der Waals surface area (Å²) in [6.07, 6.45) is 1.79. The Morgan fingerprint density at radius 3 is 2.37 bits per heavy atom. The van der Waals surface area contributed by atoms with Gasteiger partial charge in [-0.1, -0.05) is 36.4 Å². The van der Waals surface area contributed by atoms with Crippen molar-refractivity contribution in [2.75, 3.05) is 6.26 Å². The predicted octanol–water partition coefficient (Wildman–Crippen LogP) is 2.60. The summed E-state index contributed by atoms with van der Waals surface area (Å²) in [7, 11) is -3.43. The largest absolute Gasteiger partial charge is 0.481 e. The van der Waals surface area contributed by atoms with Gasteiger partial charge in [-0.3, -0.25) is 9.59 Å². The van der Waals surface area contributed by atoms with E-state index in [1.54, 1.807) is 13.0 Å². The fourth-order valence-corrected chi connectivity index (χ4v) is 3.41. The number of carboxylic acids is 1. The predicted molar refractivity (Wildman–Crippen MR) is 103 cm³/mol. The zero-order chi connectivity index (χ0) is 20.0. The summed E-state index contributed by atoms with van der Waals surface area (Å²) < 4.78 is 23.5. The Labute approximate surface area is 159 Å². The summed E-state index contributed by atoms with van der Waals surface area (Å²) in [5, 5.41) is 11.8. The molecule has 2 rings (SSSR count). The Morgan fingerprint density at radius 1 is 1.11 bits per heavy atom. The van der Waals surface area contributed by atoms with Crippen LogP contribution in [-0.2, 0) is 21.1 Å². The van der Waals surface area contributed by atoms with Crippen LogP contribution in [0.1, 0.15) is 34.3 Å². The van der Waals surface area contributed by atoms with Gasteiger partial charge < -0.3 is 10.4 Å². The molecule has 27 heavy (non-hydrogen) atoms. The first-order valence-corrected chi connectivity index (χ1v) is 10.4. The van der Waals surface area contributed by atoms with Gasteiger partial charge in [-0.15, -0.1) is 0 Å². The number of carboxylic acid groups (broad SMARTS) is 1. The molecule has 2 N–H and O–H groups in total. The van der Waals surface area contributed by atoms with Crippen molar-refractivity contribution in [3.63, 3.8) is 0 Å². The number of aryl methyl sites for hydroxylation is 1. The molecule has 2 aromatic carbocycles. The number of rotatable bonds is 8. The number of nitrogens with one attached hydrogen (secondary N) is 1. The van der Waals surface area contributed by atoms with Crippen molar-refractivity contribution in [1.29, 1.82) is 0 Å². The van der Waals surface area contributed by atoms with Gasteiger partial charge in [0.15, 0.2) is 9.84 Å². The second kappa shape index (κ2) is 8.81. The second-order valence-electron chi connectivity index (χ2n) is 6.54. The zero-order valence-corrected chi connectivity index (χ0v) is 16.1. The molecule has 0 saturated carbocycles. The molecule has 1 amide bonds. The number of amides is 1. The Kier molecular flexibility index (Phi) is 6.74. The molecule has 0 radical (unpaired) electrons. The quantitative estimate of drug-likeness (QED) is 0.723. The molecular formula is C20H23NO5S. The van der Waals surface area contributed by atoms with Crippen LogP contribution in [0.15, 0.2) is 53.4 Å². The van der Waals surface area contributed by atoms with Gasteiger partial charge in [-0.05, 0) is 43.0 Å². The summed E-state index contributed by atoms with van der Waals surface area (Å²) in [4.78, 5) is 23.8. The Bertz CT molecular complexity index is 923.